The first-order valence-electron chi connectivity index (χ1n) is 6.17. The van der Waals surface area contributed by atoms with E-state index in [1.807, 2.05) is 23.6 Å². The molecule has 1 aromatic carbocycles. The molecule has 104 valence electrons. The molecule has 1 heterocycles. The Bertz CT molecular complexity index is 566. The van der Waals surface area contributed by atoms with Crippen molar-refractivity contribution in [2.75, 3.05) is 7.11 Å². The van der Waals surface area contributed by atoms with E-state index in [0.717, 1.165) is 4.88 Å². The fraction of sp³-hybridized carbons (Fsp3) is 0.200. The van der Waals surface area contributed by atoms with Crippen LogP contribution in [0.2, 0.25) is 0 Å². The SMILES string of the molecule is COC(=O)C(Cc1cccs1)NC(=O)c1ccccc1. The van der Waals surface area contributed by atoms with Crippen molar-refractivity contribution in [3.05, 3.63) is 58.3 Å². The summed E-state index contributed by atoms with van der Waals surface area (Å²) in [5.41, 5.74) is 0.521. The van der Waals surface area contributed by atoms with Crippen molar-refractivity contribution in [1.29, 1.82) is 0 Å². The molecule has 2 aromatic rings. The van der Waals surface area contributed by atoms with Crippen molar-refractivity contribution in [3.8, 4) is 0 Å². The summed E-state index contributed by atoms with van der Waals surface area (Å²) in [6.07, 6.45) is 0.433. The van der Waals surface area contributed by atoms with Crippen molar-refractivity contribution >= 4 is 23.2 Å². The molecular weight excluding hydrogens is 274 g/mol. The fourth-order valence-corrected chi connectivity index (χ4v) is 2.55. The Morgan fingerprint density at radius 1 is 1.20 bits per heavy atom. The minimum absolute atomic E-state index is 0.280. The third-order valence-corrected chi connectivity index (χ3v) is 3.71. The van der Waals surface area contributed by atoms with Crippen molar-refractivity contribution < 1.29 is 14.3 Å². The average molecular weight is 289 g/mol. The van der Waals surface area contributed by atoms with Gasteiger partial charge in [-0.25, -0.2) is 4.79 Å². The quantitative estimate of drug-likeness (QED) is 0.859. The van der Waals surface area contributed by atoms with Gasteiger partial charge in [0.25, 0.3) is 5.91 Å². The van der Waals surface area contributed by atoms with Crippen LogP contribution < -0.4 is 5.32 Å². The lowest BCUT2D eigenvalue weighted by atomic mass is 10.1. The molecule has 5 heteroatoms. The summed E-state index contributed by atoms with van der Waals surface area (Å²) < 4.78 is 4.75. The van der Waals surface area contributed by atoms with Gasteiger partial charge in [-0.05, 0) is 23.6 Å². The molecule has 1 N–H and O–H groups in total. The van der Waals surface area contributed by atoms with Crippen LogP contribution in [-0.4, -0.2) is 25.0 Å². The molecule has 1 unspecified atom stereocenters. The van der Waals surface area contributed by atoms with Gasteiger partial charge in [-0.2, -0.15) is 0 Å². The van der Waals surface area contributed by atoms with Gasteiger partial charge in [0.15, 0.2) is 0 Å². The van der Waals surface area contributed by atoms with Crippen LogP contribution in [0.15, 0.2) is 47.8 Å². The van der Waals surface area contributed by atoms with Crippen molar-refractivity contribution in [3.63, 3.8) is 0 Å². The standard InChI is InChI=1S/C15H15NO3S/c1-19-15(18)13(10-12-8-5-9-20-12)16-14(17)11-6-3-2-4-7-11/h2-9,13H,10H2,1H3,(H,16,17). The molecule has 0 aliphatic carbocycles. The van der Waals surface area contributed by atoms with Crippen LogP contribution in [0.4, 0.5) is 0 Å². The van der Waals surface area contributed by atoms with Crippen LogP contribution in [0.3, 0.4) is 0 Å². The van der Waals surface area contributed by atoms with E-state index in [1.54, 1.807) is 35.6 Å². The second-order valence-electron chi connectivity index (χ2n) is 4.20. The van der Waals surface area contributed by atoms with E-state index in [9.17, 15) is 9.59 Å². The zero-order valence-electron chi connectivity index (χ0n) is 11.0. The predicted octanol–water partition coefficient (Wildman–Crippen LogP) is 2.26. The maximum Gasteiger partial charge on any atom is 0.328 e. The normalized spacial score (nSPS) is 11.7. The number of methoxy groups -OCH3 is 1. The molecule has 0 saturated heterocycles. The topological polar surface area (TPSA) is 55.4 Å². The molecule has 2 rings (SSSR count). The average Bonchev–Trinajstić information content (AvgIpc) is 2.99. The molecule has 0 saturated carbocycles. The van der Waals surface area contributed by atoms with Gasteiger partial charge < -0.3 is 10.1 Å². The highest BCUT2D eigenvalue weighted by atomic mass is 32.1. The number of nitrogens with one attached hydrogen (secondary N) is 1. The van der Waals surface area contributed by atoms with E-state index >= 15 is 0 Å². The minimum Gasteiger partial charge on any atom is -0.467 e. The van der Waals surface area contributed by atoms with E-state index in [1.165, 1.54) is 7.11 Å². The van der Waals surface area contributed by atoms with Gasteiger partial charge in [0.05, 0.1) is 7.11 Å². The number of ether oxygens (including phenoxy) is 1. The first-order valence-corrected chi connectivity index (χ1v) is 7.05. The summed E-state index contributed by atoms with van der Waals surface area (Å²) in [7, 11) is 1.32. The predicted molar refractivity (Wildman–Crippen MR) is 77.7 cm³/mol. The summed E-state index contributed by atoms with van der Waals surface area (Å²) in [6, 6.07) is 12.0. The molecule has 0 aliphatic rings. The number of carbonyl (C=O) groups excluding carboxylic acids is 2. The van der Waals surface area contributed by atoms with Crippen molar-refractivity contribution in [2.45, 2.75) is 12.5 Å². The van der Waals surface area contributed by atoms with E-state index in [2.05, 4.69) is 5.32 Å². The molecular formula is C15H15NO3S. The number of amides is 1. The zero-order chi connectivity index (χ0) is 14.4. The number of hydrogen-bond acceptors (Lipinski definition) is 4. The molecule has 0 fully saturated rings. The molecule has 0 spiro atoms. The van der Waals surface area contributed by atoms with Crippen LogP contribution in [0, 0.1) is 0 Å². The molecule has 0 aliphatic heterocycles. The molecule has 4 nitrogen and oxygen atoms in total. The third-order valence-electron chi connectivity index (χ3n) is 2.81. The summed E-state index contributed by atoms with van der Waals surface area (Å²) in [6.45, 7) is 0. The highest BCUT2D eigenvalue weighted by molar-refractivity contribution is 7.09. The summed E-state index contributed by atoms with van der Waals surface area (Å²) >= 11 is 1.54. The second kappa shape index (κ2) is 6.86. The van der Waals surface area contributed by atoms with Crippen LogP contribution in [0.25, 0.3) is 0 Å². The number of rotatable bonds is 5. The van der Waals surface area contributed by atoms with Crippen LogP contribution >= 0.6 is 11.3 Å². The first-order chi connectivity index (χ1) is 9.70. The monoisotopic (exact) mass is 289 g/mol. The molecule has 0 radical (unpaired) electrons. The van der Waals surface area contributed by atoms with E-state index < -0.39 is 12.0 Å². The van der Waals surface area contributed by atoms with Gasteiger partial charge >= 0.3 is 5.97 Å². The smallest absolute Gasteiger partial charge is 0.328 e. The van der Waals surface area contributed by atoms with Crippen LogP contribution in [-0.2, 0) is 16.0 Å². The van der Waals surface area contributed by atoms with Gasteiger partial charge in [-0.3, -0.25) is 4.79 Å². The van der Waals surface area contributed by atoms with Crippen molar-refractivity contribution in [2.24, 2.45) is 0 Å². The Kier molecular flexibility index (Phi) is 4.90. The van der Waals surface area contributed by atoms with Gasteiger partial charge in [-0.1, -0.05) is 24.3 Å². The molecule has 20 heavy (non-hydrogen) atoms. The highest BCUT2D eigenvalue weighted by Crippen LogP contribution is 2.12. The number of thiophene rings is 1. The third kappa shape index (κ3) is 3.68. The van der Waals surface area contributed by atoms with Gasteiger partial charge in [0.2, 0.25) is 0 Å². The Balaban J connectivity index is 2.08. The number of carbonyl (C=O) groups is 2. The molecule has 1 aromatic heterocycles. The van der Waals surface area contributed by atoms with Crippen LogP contribution in [0.5, 0.6) is 0 Å². The number of hydrogen-bond donors (Lipinski definition) is 1. The lowest BCUT2D eigenvalue weighted by Gasteiger charge is -2.15. The highest BCUT2D eigenvalue weighted by Gasteiger charge is 2.22. The van der Waals surface area contributed by atoms with Gasteiger partial charge in [0.1, 0.15) is 6.04 Å². The Hall–Kier alpha value is -2.14. The van der Waals surface area contributed by atoms with E-state index in [0.29, 0.717) is 12.0 Å². The summed E-state index contributed by atoms with van der Waals surface area (Å²) in [5.74, 6) is -0.722. The Morgan fingerprint density at radius 3 is 2.55 bits per heavy atom. The van der Waals surface area contributed by atoms with E-state index in [-0.39, 0.29) is 5.91 Å². The first kappa shape index (κ1) is 14.3. The molecule has 1 atom stereocenters. The Morgan fingerprint density at radius 2 is 1.95 bits per heavy atom. The van der Waals surface area contributed by atoms with Crippen LogP contribution in [0.1, 0.15) is 15.2 Å². The lowest BCUT2D eigenvalue weighted by Crippen LogP contribution is -2.42. The zero-order valence-corrected chi connectivity index (χ0v) is 11.9. The van der Waals surface area contributed by atoms with Crippen molar-refractivity contribution in [1.82, 2.24) is 5.32 Å². The maximum absolute atomic E-state index is 12.1. The summed E-state index contributed by atoms with van der Waals surface area (Å²) in [5, 5.41) is 4.65. The van der Waals surface area contributed by atoms with Gasteiger partial charge in [-0.15, -0.1) is 11.3 Å². The minimum atomic E-state index is -0.675. The molecule has 0 bridgehead atoms. The van der Waals surface area contributed by atoms with Gasteiger partial charge in [0, 0.05) is 16.9 Å². The number of esters is 1. The molecule has 1 amide bonds. The lowest BCUT2D eigenvalue weighted by molar-refractivity contribution is -0.142. The Labute approximate surface area is 121 Å². The second-order valence-corrected chi connectivity index (χ2v) is 5.23. The largest absolute Gasteiger partial charge is 0.467 e. The number of benzene rings is 1. The summed E-state index contributed by atoms with van der Waals surface area (Å²) in [4.78, 5) is 24.9. The van der Waals surface area contributed by atoms with E-state index in [4.69, 9.17) is 4.74 Å². The maximum atomic E-state index is 12.1. The fourth-order valence-electron chi connectivity index (χ4n) is 1.80.